The fraction of sp³-hybridized carbons (Fsp3) is 0.667. The normalized spacial score (nSPS) is 12.6. The molecule has 2 N–H and O–H groups in total. The maximum Gasteiger partial charge on any atom is 0.123 e. The molecule has 0 aromatic heterocycles. The van der Waals surface area contributed by atoms with Gasteiger partial charge in [-0.1, -0.05) is 38.5 Å². The third-order valence-electron chi connectivity index (χ3n) is 4.05. The molecule has 120 valence electrons. The van der Waals surface area contributed by atoms with Crippen molar-refractivity contribution in [1.82, 2.24) is 4.90 Å². The summed E-state index contributed by atoms with van der Waals surface area (Å²) in [5.74, 6) is 0.934. The van der Waals surface area contributed by atoms with Crippen LogP contribution in [0.4, 0.5) is 0 Å². The number of nitrogens with two attached hydrogens (primary N) is 1. The van der Waals surface area contributed by atoms with E-state index in [2.05, 4.69) is 25.7 Å². The second-order valence-electron chi connectivity index (χ2n) is 5.66. The number of nitrogens with zero attached hydrogens (tertiary/aromatic N) is 1. The number of para-hydroxylation sites is 1. The molecule has 1 rings (SSSR count). The Labute approximate surface area is 130 Å². The SMILES string of the molecule is CCCCN(CCCOc1ccccc1CN)C(C)CC. The molecule has 1 unspecified atom stereocenters. The van der Waals surface area contributed by atoms with Crippen molar-refractivity contribution in [1.29, 1.82) is 0 Å². The second kappa shape index (κ2) is 10.6. The lowest BCUT2D eigenvalue weighted by molar-refractivity contribution is 0.182. The molecule has 0 saturated heterocycles. The molecule has 0 aliphatic carbocycles. The molecule has 0 amide bonds. The highest BCUT2D eigenvalue weighted by molar-refractivity contribution is 5.32. The van der Waals surface area contributed by atoms with Crippen LogP contribution in [0.15, 0.2) is 24.3 Å². The lowest BCUT2D eigenvalue weighted by Gasteiger charge is -2.28. The third kappa shape index (κ3) is 6.49. The van der Waals surface area contributed by atoms with Crippen LogP contribution in [0.5, 0.6) is 5.75 Å². The molecule has 0 aliphatic heterocycles. The van der Waals surface area contributed by atoms with Gasteiger partial charge in [-0.05, 0) is 38.8 Å². The van der Waals surface area contributed by atoms with E-state index in [0.717, 1.165) is 30.9 Å². The first kappa shape index (κ1) is 18.0. The van der Waals surface area contributed by atoms with Crippen LogP contribution in [-0.4, -0.2) is 30.6 Å². The quantitative estimate of drug-likeness (QED) is 0.630. The largest absolute Gasteiger partial charge is 0.493 e. The van der Waals surface area contributed by atoms with E-state index in [4.69, 9.17) is 10.5 Å². The molecule has 0 radical (unpaired) electrons. The van der Waals surface area contributed by atoms with Crippen LogP contribution >= 0.6 is 0 Å². The summed E-state index contributed by atoms with van der Waals surface area (Å²) in [6, 6.07) is 8.70. The topological polar surface area (TPSA) is 38.5 Å². The third-order valence-corrected chi connectivity index (χ3v) is 4.05. The first-order valence-electron chi connectivity index (χ1n) is 8.37. The van der Waals surface area contributed by atoms with Gasteiger partial charge >= 0.3 is 0 Å². The van der Waals surface area contributed by atoms with E-state index in [9.17, 15) is 0 Å². The van der Waals surface area contributed by atoms with Crippen LogP contribution in [0.25, 0.3) is 0 Å². The van der Waals surface area contributed by atoms with Crippen molar-refractivity contribution < 1.29 is 4.74 Å². The minimum atomic E-state index is 0.533. The first-order valence-corrected chi connectivity index (χ1v) is 8.37. The molecule has 0 spiro atoms. The van der Waals surface area contributed by atoms with E-state index >= 15 is 0 Å². The number of hydrogen-bond donors (Lipinski definition) is 1. The summed E-state index contributed by atoms with van der Waals surface area (Å²) in [5, 5.41) is 0. The molecule has 0 aliphatic rings. The minimum Gasteiger partial charge on any atom is -0.493 e. The molecule has 1 aromatic carbocycles. The van der Waals surface area contributed by atoms with Crippen LogP contribution in [0.3, 0.4) is 0 Å². The molecule has 0 fully saturated rings. The van der Waals surface area contributed by atoms with Gasteiger partial charge in [0.1, 0.15) is 5.75 Å². The number of unbranched alkanes of at least 4 members (excludes halogenated alkanes) is 1. The van der Waals surface area contributed by atoms with Crippen molar-refractivity contribution in [3.63, 3.8) is 0 Å². The summed E-state index contributed by atoms with van der Waals surface area (Å²) in [6.45, 7) is 10.4. The fourth-order valence-electron chi connectivity index (χ4n) is 2.44. The lowest BCUT2D eigenvalue weighted by atomic mass is 10.2. The van der Waals surface area contributed by atoms with Gasteiger partial charge < -0.3 is 15.4 Å². The summed E-state index contributed by atoms with van der Waals surface area (Å²) in [4.78, 5) is 2.59. The van der Waals surface area contributed by atoms with Gasteiger partial charge in [0.15, 0.2) is 0 Å². The highest BCUT2D eigenvalue weighted by Crippen LogP contribution is 2.17. The van der Waals surface area contributed by atoms with Gasteiger partial charge in [-0.2, -0.15) is 0 Å². The Morgan fingerprint density at radius 3 is 2.52 bits per heavy atom. The number of ether oxygens (including phenoxy) is 1. The lowest BCUT2D eigenvalue weighted by Crippen LogP contribution is -2.35. The van der Waals surface area contributed by atoms with Crippen molar-refractivity contribution in [2.75, 3.05) is 19.7 Å². The minimum absolute atomic E-state index is 0.533. The Morgan fingerprint density at radius 2 is 1.86 bits per heavy atom. The van der Waals surface area contributed by atoms with Gasteiger partial charge in [0, 0.05) is 24.7 Å². The van der Waals surface area contributed by atoms with Crippen molar-refractivity contribution in [3.8, 4) is 5.75 Å². The molecule has 21 heavy (non-hydrogen) atoms. The fourth-order valence-corrected chi connectivity index (χ4v) is 2.44. The summed E-state index contributed by atoms with van der Waals surface area (Å²) in [6.07, 6.45) is 4.81. The van der Waals surface area contributed by atoms with E-state index in [1.165, 1.54) is 25.8 Å². The molecule has 1 aromatic rings. The predicted octanol–water partition coefficient (Wildman–Crippen LogP) is 3.81. The van der Waals surface area contributed by atoms with Crippen molar-refractivity contribution >= 4 is 0 Å². The van der Waals surface area contributed by atoms with Crippen LogP contribution in [0.2, 0.25) is 0 Å². The average molecular weight is 292 g/mol. The van der Waals surface area contributed by atoms with E-state index < -0.39 is 0 Å². The first-order chi connectivity index (χ1) is 10.2. The van der Waals surface area contributed by atoms with Gasteiger partial charge in [-0.3, -0.25) is 0 Å². The molecule has 0 bridgehead atoms. The van der Waals surface area contributed by atoms with E-state index in [0.29, 0.717) is 12.6 Å². The number of benzene rings is 1. The Kier molecular flexibility index (Phi) is 9.11. The Morgan fingerprint density at radius 1 is 1.14 bits per heavy atom. The van der Waals surface area contributed by atoms with Gasteiger partial charge in [0.25, 0.3) is 0 Å². The predicted molar refractivity (Wildman–Crippen MR) is 90.7 cm³/mol. The van der Waals surface area contributed by atoms with E-state index in [1.807, 2.05) is 24.3 Å². The second-order valence-corrected chi connectivity index (χ2v) is 5.66. The maximum absolute atomic E-state index is 5.89. The maximum atomic E-state index is 5.89. The van der Waals surface area contributed by atoms with Crippen molar-refractivity contribution in [2.45, 2.75) is 59.0 Å². The zero-order valence-corrected chi connectivity index (χ0v) is 14.0. The van der Waals surface area contributed by atoms with Gasteiger partial charge in [0.2, 0.25) is 0 Å². The van der Waals surface area contributed by atoms with Gasteiger partial charge in [-0.15, -0.1) is 0 Å². The average Bonchev–Trinajstić information content (AvgIpc) is 2.53. The molecule has 3 nitrogen and oxygen atoms in total. The smallest absolute Gasteiger partial charge is 0.123 e. The molecule has 0 heterocycles. The van der Waals surface area contributed by atoms with Crippen molar-refractivity contribution in [3.05, 3.63) is 29.8 Å². The molecular formula is C18H32N2O. The standard InChI is InChI=1S/C18H32N2O/c1-4-6-12-20(16(3)5-2)13-9-14-21-18-11-8-7-10-17(18)15-19/h7-8,10-11,16H,4-6,9,12-15,19H2,1-3H3. The summed E-state index contributed by atoms with van der Waals surface area (Å²) >= 11 is 0. The van der Waals surface area contributed by atoms with Crippen molar-refractivity contribution in [2.24, 2.45) is 5.73 Å². The van der Waals surface area contributed by atoms with Gasteiger partial charge in [-0.25, -0.2) is 0 Å². The highest BCUT2D eigenvalue weighted by atomic mass is 16.5. The molecular weight excluding hydrogens is 260 g/mol. The summed E-state index contributed by atoms with van der Waals surface area (Å²) in [7, 11) is 0. The van der Waals surface area contributed by atoms with Crippen LogP contribution < -0.4 is 10.5 Å². The summed E-state index contributed by atoms with van der Waals surface area (Å²) < 4.78 is 5.89. The Bertz CT molecular complexity index is 381. The van der Waals surface area contributed by atoms with Crippen LogP contribution in [0.1, 0.15) is 52.0 Å². The number of hydrogen-bond acceptors (Lipinski definition) is 3. The van der Waals surface area contributed by atoms with Gasteiger partial charge in [0.05, 0.1) is 6.61 Å². The summed E-state index contributed by atoms with van der Waals surface area (Å²) in [5.41, 5.74) is 6.81. The van der Waals surface area contributed by atoms with E-state index in [1.54, 1.807) is 0 Å². The van der Waals surface area contributed by atoms with Crippen LogP contribution in [0, 0.1) is 0 Å². The van der Waals surface area contributed by atoms with Crippen LogP contribution in [-0.2, 0) is 6.54 Å². The molecule has 1 atom stereocenters. The molecule has 0 saturated carbocycles. The zero-order valence-electron chi connectivity index (χ0n) is 14.0. The monoisotopic (exact) mass is 292 g/mol. The zero-order chi connectivity index (χ0) is 15.5. The highest BCUT2D eigenvalue weighted by Gasteiger charge is 2.11. The van der Waals surface area contributed by atoms with E-state index in [-0.39, 0.29) is 0 Å². The number of rotatable bonds is 11. The Balaban J connectivity index is 2.36. The Hall–Kier alpha value is -1.06. The molecule has 3 heteroatoms.